The standard InChI is InChI=1S/C19H18N2O5/c22-15(5-6-16(23)24)20-14-10-12-9-11-3-1-7-21-8-2-4-13(17(11)21)18(12)26-19(14)25/h5-6,9-10H,1-4,7-8H2,(H,20,22)(H,23,24)/b6-5-. The molecule has 26 heavy (non-hydrogen) atoms. The number of nitrogens with one attached hydrogen (secondary N) is 1. The summed E-state index contributed by atoms with van der Waals surface area (Å²) in [6.07, 6.45) is 5.54. The van der Waals surface area contributed by atoms with Gasteiger partial charge in [0.15, 0.2) is 0 Å². The molecular weight excluding hydrogens is 336 g/mol. The quantitative estimate of drug-likeness (QED) is 0.647. The third-order valence-electron chi connectivity index (χ3n) is 4.85. The summed E-state index contributed by atoms with van der Waals surface area (Å²) in [4.78, 5) is 36.9. The number of anilines is 2. The maximum atomic E-state index is 12.3. The van der Waals surface area contributed by atoms with Gasteiger partial charge in [-0.25, -0.2) is 9.59 Å². The third kappa shape index (κ3) is 2.85. The van der Waals surface area contributed by atoms with Crippen molar-refractivity contribution in [3.63, 3.8) is 0 Å². The number of rotatable bonds is 3. The molecule has 134 valence electrons. The van der Waals surface area contributed by atoms with Gasteiger partial charge in [0.1, 0.15) is 11.3 Å². The van der Waals surface area contributed by atoms with Gasteiger partial charge < -0.3 is 19.7 Å². The lowest BCUT2D eigenvalue weighted by Gasteiger charge is -2.37. The Kier molecular flexibility index (Phi) is 3.99. The first kappa shape index (κ1) is 16.4. The molecule has 4 rings (SSSR count). The Morgan fingerprint density at radius 2 is 1.92 bits per heavy atom. The lowest BCUT2D eigenvalue weighted by atomic mass is 9.90. The van der Waals surface area contributed by atoms with Gasteiger partial charge in [-0.2, -0.15) is 0 Å². The zero-order chi connectivity index (χ0) is 18.3. The molecule has 0 bridgehead atoms. The highest BCUT2D eigenvalue weighted by Gasteiger charge is 2.27. The smallest absolute Gasteiger partial charge is 0.360 e. The summed E-state index contributed by atoms with van der Waals surface area (Å²) in [6.45, 7) is 2.06. The van der Waals surface area contributed by atoms with Crippen molar-refractivity contribution in [3.05, 3.63) is 45.8 Å². The zero-order valence-corrected chi connectivity index (χ0v) is 14.1. The lowest BCUT2D eigenvalue weighted by molar-refractivity contribution is -0.131. The predicted octanol–water partition coefficient (Wildman–Crippen LogP) is 2.07. The van der Waals surface area contributed by atoms with Crippen LogP contribution in [0, 0.1) is 0 Å². The topological polar surface area (TPSA) is 99.8 Å². The number of carboxylic acid groups (broad SMARTS) is 1. The summed E-state index contributed by atoms with van der Waals surface area (Å²) < 4.78 is 5.55. The normalized spacial score (nSPS) is 15.9. The van der Waals surface area contributed by atoms with Crippen LogP contribution in [0.1, 0.15) is 24.0 Å². The van der Waals surface area contributed by atoms with Crippen LogP contribution in [0.15, 0.2) is 33.5 Å². The van der Waals surface area contributed by atoms with Gasteiger partial charge in [-0.05, 0) is 43.4 Å². The molecule has 1 aromatic heterocycles. The van der Waals surface area contributed by atoms with Crippen molar-refractivity contribution in [2.45, 2.75) is 25.7 Å². The minimum atomic E-state index is -1.24. The minimum absolute atomic E-state index is 0.00756. The Morgan fingerprint density at radius 1 is 1.15 bits per heavy atom. The van der Waals surface area contributed by atoms with E-state index in [0.29, 0.717) is 11.7 Å². The number of nitrogens with zero attached hydrogens (tertiary/aromatic N) is 1. The van der Waals surface area contributed by atoms with E-state index in [2.05, 4.69) is 10.2 Å². The van der Waals surface area contributed by atoms with Gasteiger partial charge in [-0.3, -0.25) is 4.79 Å². The number of benzene rings is 1. The van der Waals surface area contributed by atoms with Gasteiger partial charge in [0.2, 0.25) is 5.91 Å². The molecule has 7 nitrogen and oxygen atoms in total. The van der Waals surface area contributed by atoms with Crippen LogP contribution < -0.4 is 15.8 Å². The van der Waals surface area contributed by atoms with E-state index in [1.807, 2.05) is 6.07 Å². The van der Waals surface area contributed by atoms with E-state index in [1.165, 1.54) is 11.3 Å². The second kappa shape index (κ2) is 6.33. The number of aliphatic carboxylic acids is 1. The van der Waals surface area contributed by atoms with E-state index in [4.69, 9.17) is 9.52 Å². The number of hydrogen-bond acceptors (Lipinski definition) is 5. The van der Waals surface area contributed by atoms with E-state index in [9.17, 15) is 14.4 Å². The number of carbonyl (C=O) groups is 2. The van der Waals surface area contributed by atoms with Crippen LogP contribution in [-0.4, -0.2) is 30.1 Å². The molecule has 0 fully saturated rings. The molecule has 0 saturated heterocycles. The number of carboxylic acids is 1. The van der Waals surface area contributed by atoms with Crippen LogP contribution in [0.3, 0.4) is 0 Å². The lowest BCUT2D eigenvalue weighted by Crippen LogP contribution is -2.34. The molecule has 2 aliphatic rings. The fourth-order valence-corrected chi connectivity index (χ4v) is 3.85. The number of carbonyl (C=O) groups excluding carboxylic acids is 1. The van der Waals surface area contributed by atoms with Crippen LogP contribution in [0.5, 0.6) is 0 Å². The molecule has 2 aliphatic heterocycles. The molecule has 0 atom stereocenters. The van der Waals surface area contributed by atoms with Crippen molar-refractivity contribution >= 4 is 34.2 Å². The number of hydrogen-bond donors (Lipinski definition) is 2. The molecule has 0 spiro atoms. The highest BCUT2D eigenvalue weighted by atomic mass is 16.4. The summed E-state index contributed by atoms with van der Waals surface area (Å²) in [5, 5.41) is 11.7. The number of amides is 1. The van der Waals surface area contributed by atoms with Crippen molar-refractivity contribution in [1.82, 2.24) is 0 Å². The van der Waals surface area contributed by atoms with Gasteiger partial charge >= 0.3 is 11.6 Å². The van der Waals surface area contributed by atoms with Crippen LogP contribution in [-0.2, 0) is 22.4 Å². The largest absolute Gasteiger partial charge is 0.478 e. The first-order chi connectivity index (χ1) is 12.5. The van der Waals surface area contributed by atoms with Gasteiger partial charge in [0.25, 0.3) is 0 Å². The first-order valence-corrected chi connectivity index (χ1v) is 8.62. The van der Waals surface area contributed by atoms with E-state index in [1.54, 1.807) is 6.07 Å². The SMILES string of the molecule is O=C(O)/C=C\C(=O)Nc1cc2cc3c4c(c2oc1=O)CCCN4CCC3. The van der Waals surface area contributed by atoms with E-state index >= 15 is 0 Å². The molecule has 0 aliphatic carbocycles. The molecule has 7 heteroatoms. The zero-order valence-electron chi connectivity index (χ0n) is 14.1. The van der Waals surface area contributed by atoms with Gasteiger partial charge in [-0.15, -0.1) is 0 Å². The maximum Gasteiger partial charge on any atom is 0.360 e. The minimum Gasteiger partial charge on any atom is -0.478 e. The van der Waals surface area contributed by atoms with Crippen molar-refractivity contribution < 1.29 is 19.1 Å². The van der Waals surface area contributed by atoms with E-state index < -0.39 is 17.5 Å². The summed E-state index contributed by atoms with van der Waals surface area (Å²) in [7, 11) is 0. The van der Waals surface area contributed by atoms with Crippen molar-refractivity contribution in [1.29, 1.82) is 0 Å². The predicted molar refractivity (Wildman–Crippen MR) is 96.7 cm³/mol. The fraction of sp³-hybridized carbons (Fsp3) is 0.316. The molecule has 1 aromatic carbocycles. The van der Waals surface area contributed by atoms with E-state index in [-0.39, 0.29) is 5.69 Å². The van der Waals surface area contributed by atoms with Crippen molar-refractivity contribution in [2.75, 3.05) is 23.3 Å². The Morgan fingerprint density at radius 3 is 2.69 bits per heavy atom. The first-order valence-electron chi connectivity index (χ1n) is 8.62. The molecular formula is C19H18N2O5. The maximum absolute atomic E-state index is 12.3. The highest BCUT2D eigenvalue weighted by Crippen LogP contribution is 2.39. The molecule has 2 N–H and O–H groups in total. The van der Waals surface area contributed by atoms with Crippen molar-refractivity contribution in [3.8, 4) is 0 Å². The van der Waals surface area contributed by atoms with E-state index in [0.717, 1.165) is 55.8 Å². The van der Waals surface area contributed by atoms with Crippen LogP contribution in [0.25, 0.3) is 11.0 Å². The number of fused-ring (bicyclic) bond motifs is 2. The van der Waals surface area contributed by atoms with Crippen LogP contribution >= 0.6 is 0 Å². The Bertz CT molecular complexity index is 1000. The second-order valence-corrected chi connectivity index (χ2v) is 6.58. The second-order valence-electron chi connectivity index (χ2n) is 6.58. The van der Waals surface area contributed by atoms with Crippen LogP contribution in [0.4, 0.5) is 11.4 Å². The summed E-state index contributed by atoms with van der Waals surface area (Å²) in [5.74, 6) is -1.93. The summed E-state index contributed by atoms with van der Waals surface area (Å²) in [6, 6.07) is 3.63. The summed E-state index contributed by atoms with van der Waals surface area (Å²) >= 11 is 0. The molecule has 1 amide bonds. The van der Waals surface area contributed by atoms with Gasteiger partial charge in [-0.1, -0.05) is 0 Å². The molecule has 0 unspecified atom stereocenters. The average Bonchev–Trinajstić information content (AvgIpc) is 2.62. The fourth-order valence-electron chi connectivity index (χ4n) is 3.85. The molecule has 0 radical (unpaired) electrons. The van der Waals surface area contributed by atoms with Gasteiger partial charge in [0.05, 0.1) is 0 Å². The summed E-state index contributed by atoms with van der Waals surface area (Å²) in [5.41, 5.74) is 3.48. The van der Waals surface area contributed by atoms with Crippen LogP contribution in [0.2, 0.25) is 0 Å². The Labute approximate surface area is 148 Å². The average molecular weight is 354 g/mol. The Hall–Kier alpha value is -3.09. The third-order valence-corrected chi connectivity index (χ3v) is 4.85. The monoisotopic (exact) mass is 354 g/mol. The Balaban J connectivity index is 1.78. The number of aryl methyl sites for hydroxylation is 2. The molecule has 0 saturated carbocycles. The van der Waals surface area contributed by atoms with Gasteiger partial charge in [0, 0.05) is 41.9 Å². The molecule has 3 heterocycles. The molecule has 2 aromatic rings. The van der Waals surface area contributed by atoms with Crippen molar-refractivity contribution in [2.24, 2.45) is 0 Å². The highest BCUT2D eigenvalue weighted by molar-refractivity contribution is 6.03.